The highest BCUT2D eigenvalue weighted by atomic mass is 32.2. The van der Waals surface area contributed by atoms with Gasteiger partial charge in [-0.25, -0.2) is 9.80 Å². The van der Waals surface area contributed by atoms with Crippen molar-refractivity contribution in [1.29, 1.82) is 0 Å². The summed E-state index contributed by atoms with van der Waals surface area (Å²) in [5, 5.41) is 7.81. The average Bonchev–Trinajstić information content (AvgIpc) is 2.80. The van der Waals surface area contributed by atoms with Crippen LogP contribution in [-0.2, 0) is 11.3 Å². The quantitative estimate of drug-likeness (QED) is 0.534. The van der Waals surface area contributed by atoms with Crippen LogP contribution in [0.15, 0.2) is 47.6 Å². The number of nitrogens with zero attached hydrogens (tertiary/aromatic N) is 2. The van der Waals surface area contributed by atoms with Crippen LogP contribution in [0, 0.1) is 0 Å². The molecule has 1 atom stereocenters. The Balaban J connectivity index is 1.86. The van der Waals surface area contributed by atoms with Gasteiger partial charge in [-0.1, -0.05) is 30.8 Å². The minimum Gasteiger partial charge on any atom is -0.493 e. The van der Waals surface area contributed by atoms with E-state index in [0.717, 1.165) is 23.4 Å². The third-order valence-corrected chi connectivity index (χ3v) is 6.01. The molecule has 182 valence electrons. The van der Waals surface area contributed by atoms with Crippen molar-refractivity contribution in [3.8, 4) is 11.5 Å². The number of carbonyl (C=O) groups excluding carboxylic acids is 2. The van der Waals surface area contributed by atoms with Crippen LogP contribution in [0.25, 0.3) is 0 Å². The fourth-order valence-corrected chi connectivity index (χ4v) is 4.10. The number of alkyl halides is 3. The van der Waals surface area contributed by atoms with Crippen molar-refractivity contribution in [1.82, 2.24) is 5.01 Å². The number of thioether (sulfide) groups is 1. The Morgan fingerprint density at radius 2 is 1.85 bits per heavy atom. The lowest BCUT2D eigenvalue weighted by Crippen LogP contribution is -2.34. The molecule has 34 heavy (non-hydrogen) atoms. The van der Waals surface area contributed by atoms with Crippen LogP contribution in [0.1, 0.15) is 24.5 Å². The topological polar surface area (TPSA) is 89.5 Å². The van der Waals surface area contributed by atoms with Crippen LogP contribution in [0.4, 0.5) is 28.4 Å². The number of benzene rings is 2. The number of hydrazone groups is 1. The molecular weight excluding hydrogens is 475 g/mol. The van der Waals surface area contributed by atoms with Gasteiger partial charge in [0.25, 0.3) is 0 Å². The highest BCUT2D eigenvalue weighted by Gasteiger charge is 2.34. The highest BCUT2D eigenvalue weighted by Crippen LogP contribution is 2.36. The number of ether oxygens (including phenoxy) is 3. The summed E-state index contributed by atoms with van der Waals surface area (Å²) in [5.41, 5.74) is 2.33. The number of hydrogen-bond donors (Lipinski definition) is 1. The molecule has 0 radical (unpaired) electrons. The summed E-state index contributed by atoms with van der Waals surface area (Å²) in [6.07, 6.45) is -4.87. The predicted molar refractivity (Wildman–Crippen MR) is 121 cm³/mol. The maximum absolute atomic E-state index is 12.7. The standard InChI is InChI=1S/C22H22F3N3O5S/c1-4-18-19(14-7-10-16(17(11-14)31-2)33-22(23,24)25)27-28(21(30)34-18)12-13-5-8-15(9-6-13)26-20(29)32-3/h5-11,18H,4,12H2,1-3H3,(H,26,29). The number of hydrogen-bond acceptors (Lipinski definition) is 7. The Kier molecular flexibility index (Phi) is 7.92. The summed E-state index contributed by atoms with van der Waals surface area (Å²) in [5.74, 6) is -0.570. The van der Waals surface area contributed by atoms with Gasteiger partial charge >= 0.3 is 17.7 Å². The molecule has 1 unspecified atom stereocenters. The van der Waals surface area contributed by atoms with Crippen molar-refractivity contribution in [3.05, 3.63) is 53.6 Å². The number of amides is 2. The van der Waals surface area contributed by atoms with Gasteiger partial charge in [0.15, 0.2) is 11.5 Å². The van der Waals surface area contributed by atoms with Gasteiger partial charge in [0.05, 0.1) is 31.7 Å². The number of carbonyl (C=O) groups is 2. The van der Waals surface area contributed by atoms with Crippen LogP contribution in [-0.4, -0.2) is 47.9 Å². The molecule has 0 aliphatic carbocycles. The smallest absolute Gasteiger partial charge is 0.493 e. The van der Waals surface area contributed by atoms with E-state index in [2.05, 4.69) is 19.9 Å². The Labute approximate surface area is 198 Å². The van der Waals surface area contributed by atoms with Crippen LogP contribution in [0.5, 0.6) is 11.5 Å². The van der Waals surface area contributed by atoms with E-state index in [1.807, 2.05) is 6.92 Å². The second kappa shape index (κ2) is 10.7. The molecule has 1 heterocycles. The van der Waals surface area contributed by atoms with Crippen molar-refractivity contribution in [2.75, 3.05) is 19.5 Å². The van der Waals surface area contributed by atoms with E-state index in [1.165, 1.54) is 31.4 Å². The predicted octanol–water partition coefficient (Wildman–Crippen LogP) is 5.62. The fourth-order valence-electron chi connectivity index (χ4n) is 3.17. The maximum atomic E-state index is 12.7. The summed E-state index contributed by atoms with van der Waals surface area (Å²) >= 11 is 1.09. The average molecular weight is 497 g/mol. The van der Waals surface area contributed by atoms with Crippen molar-refractivity contribution in [2.24, 2.45) is 5.10 Å². The molecule has 2 amide bonds. The first-order valence-corrected chi connectivity index (χ1v) is 11.0. The van der Waals surface area contributed by atoms with Crippen molar-refractivity contribution < 1.29 is 37.0 Å². The summed E-state index contributed by atoms with van der Waals surface area (Å²) in [7, 11) is 2.50. The summed E-state index contributed by atoms with van der Waals surface area (Å²) in [4.78, 5) is 24.0. The van der Waals surface area contributed by atoms with Gasteiger partial charge in [-0.05, 0) is 42.3 Å². The summed E-state index contributed by atoms with van der Waals surface area (Å²) in [6.45, 7) is 2.05. The van der Waals surface area contributed by atoms with Crippen LogP contribution in [0.2, 0.25) is 0 Å². The first kappa shape index (κ1) is 25.2. The van der Waals surface area contributed by atoms with E-state index in [-0.39, 0.29) is 22.8 Å². The lowest BCUT2D eigenvalue weighted by atomic mass is 10.0. The molecule has 8 nitrogen and oxygen atoms in total. The number of rotatable bonds is 7. The van der Waals surface area contributed by atoms with Gasteiger partial charge in [-0.15, -0.1) is 13.2 Å². The fraction of sp³-hybridized carbons (Fsp3) is 0.318. The number of methoxy groups -OCH3 is 2. The molecular formula is C22H22F3N3O5S. The lowest BCUT2D eigenvalue weighted by Gasteiger charge is -2.28. The van der Waals surface area contributed by atoms with Gasteiger partial charge in [-0.2, -0.15) is 5.10 Å². The Hall–Kier alpha value is -3.41. The number of anilines is 1. The first-order chi connectivity index (χ1) is 16.1. The Bertz CT molecular complexity index is 1080. The molecule has 2 aromatic carbocycles. The third-order valence-electron chi connectivity index (χ3n) is 4.76. The van der Waals surface area contributed by atoms with Crippen molar-refractivity contribution in [2.45, 2.75) is 31.5 Å². The first-order valence-electron chi connectivity index (χ1n) is 10.1. The second-order valence-electron chi connectivity index (χ2n) is 7.05. The number of halogens is 3. The molecule has 0 saturated carbocycles. The molecule has 0 saturated heterocycles. The molecule has 0 aromatic heterocycles. The van der Waals surface area contributed by atoms with Gasteiger partial charge < -0.3 is 14.2 Å². The monoisotopic (exact) mass is 497 g/mol. The zero-order valence-corrected chi connectivity index (χ0v) is 19.3. The third kappa shape index (κ3) is 6.34. The molecule has 0 spiro atoms. The lowest BCUT2D eigenvalue weighted by molar-refractivity contribution is -0.275. The number of nitrogens with one attached hydrogen (secondary N) is 1. The van der Waals surface area contributed by atoms with Gasteiger partial charge in [0.2, 0.25) is 0 Å². The van der Waals surface area contributed by atoms with Crippen LogP contribution >= 0.6 is 11.8 Å². The molecule has 1 aliphatic heterocycles. The van der Waals surface area contributed by atoms with Crippen molar-refractivity contribution >= 4 is 34.5 Å². The molecule has 2 aromatic rings. The van der Waals surface area contributed by atoms with E-state index in [1.54, 1.807) is 24.3 Å². The van der Waals surface area contributed by atoms with Gasteiger partial charge in [0, 0.05) is 11.3 Å². The van der Waals surface area contributed by atoms with Crippen molar-refractivity contribution in [3.63, 3.8) is 0 Å². The maximum Gasteiger partial charge on any atom is 0.573 e. The molecule has 1 N–H and O–H groups in total. The van der Waals surface area contributed by atoms with E-state index in [9.17, 15) is 22.8 Å². The Morgan fingerprint density at radius 1 is 1.15 bits per heavy atom. The molecule has 3 rings (SSSR count). The molecule has 1 aliphatic rings. The molecule has 0 fully saturated rings. The molecule has 12 heteroatoms. The van der Waals surface area contributed by atoms with Crippen LogP contribution in [0.3, 0.4) is 0 Å². The van der Waals surface area contributed by atoms with E-state index in [4.69, 9.17) is 4.74 Å². The molecule has 0 bridgehead atoms. The minimum atomic E-state index is -4.86. The largest absolute Gasteiger partial charge is 0.573 e. The van der Waals surface area contributed by atoms with E-state index in [0.29, 0.717) is 23.4 Å². The van der Waals surface area contributed by atoms with Crippen LogP contribution < -0.4 is 14.8 Å². The zero-order valence-electron chi connectivity index (χ0n) is 18.5. The minimum absolute atomic E-state index is 0.102. The summed E-state index contributed by atoms with van der Waals surface area (Å²) < 4.78 is 51.6. The zero-order chi connectivity index (χ0) is 24.9. The van der Waals surface area contributed by atoms with E-state index >= 15 is 0 Å². The SMILES string of the molecule is CCC1SC(=O)N(Cc2ccc(NC(=O)OC)cc2)N=C1c1ccc(OC(F)(F)F)c(OC)c1. The van der Waals surface area contributed by atoms with Gasteiger partial charge in [0.1, 0.15) is 0 Å². The summed E-state index contributed by atoms with van der Waals surface area (Å²) in [6, 6.07) is 10.8. The highest BCUT2D eigenvalue weighted by molar-refractivity contribution is 8.14. The Morgan fingerprint density at radius 3 is 2.44 bits per heavy atom. The second-order valence-corrected chi connectivity index (χ2v) is 8.20. The van der Waals surface area contributed by atoms with Gasteiger partial charge in [-0.3, -0.25) is 10.1 Å². The normalized spacial score (nSPS) is 16.1. The van der Waals surface area contributed by atoms with E-state index < -0.39 is 18.2 Å².